The first-order chi connectivity index (χ1) is 26.9. The van der Waals surface area contributed by atoms with Gasteiger partial charge in [0.1, 0.15) is 11.2 Å². The standard InChI is InChI=1S/C45H28N4O/c1-4-14-29(15-5-1)37-27-33(49-39-22-12-10-20-34(39)35-21-11-13-23-40(35)49)28-38-36-25-24-32(26-41(36)50-42(37)38)45-47-43(30-16-6-2-7-17-30)46-44(48-45)31-18-8-3-9-19-31/h1-28H/i2D,6D,7D,16D,17D. The lowest BCUT2D eigenvalue weighted by molar-refractivity contribution is 0.670. The van der Waals surface area contributed by atoms with E-state index >= 15 is 0 Å². The molecule has 0 bridgehead atoms. The van der Waals surface area contributed by atoms with Gasteiger partial charge in [0.15, 0.2) is 17.5 Å². The molecule has 0 radical (unpaired) electrons. The zero-order valence-corrected chi connectivity index (χ0v) is 26.5. The third kappa shape index (κ3) is 4.60. The smallest absolute Gasteiger partial charge is 0.164 e. The van der Waals surface area contributed by atoms with Crippen LogP contribution in [0.1, 0.15) is 6.85 Å². The summed E-state index contributed by atoms with van der Waals surface area (Å²) in [5.41, 5.74) is 7.75. The number of furan rings is 1. The van der Waals surface area contributed by atoms with E-state index in [1.165, 1.54) is 10.8 Å². The van der Waals surface area contributed by atoms with E-state index in [1.807, 2.05) is 66.7 Å². The van der Waals surface area contributed by atoms with Crippen LogP contribution < -0.4 is 0 Å². The number of hydrogen-bond donors (Lipinski definition) is 0. The lowest BCUT2D eigenvalue weighted by atomic mass is 10.0. The van der Waals surface area contributed by atoms with Crippen LogP contribution in [0.4, 0.5) is 0 Å². The number of para-hydroxylation sites is 2. The van der Waals surface area contributed by atoms with E-state index in [4.69, 9.17) is 21.2 Å². The van der Waals surface area contributed by atoms with Crippen LogP contribution >= 0.6 is 0 Å². The first-order valence-corrected chi connectivity index (χ1v) is 16.3. The van der Waals surface area contributed by atoms with E-state index in [2.05, 4.69) is 82.3 Å². The molecule has 0 aliphatic heterocycles. The molecule has 0 aliphatic rings. The molecule has 3 heterocycles. The fourth-order valence-electron chi connectivity index (χ4n) is 6.86. The molecular formula is C45H28N4O. The first-order valence-electron chi connectivity index (χ1n) is 18.8. The molecule has 0 N–H and O–H groups in total. The lowest BCUT2D eigenvalue weighted by Gasteiger charge is -2.11. The molecule has 0 aliphatic carbocycles. The number of hydrogen-bond acceptors (Lipinski definition) is 4. The van der Waals surface area contributed by atoms with Crippen molar-refractivity contribution in [2.75, 3.05) is 0 Å². The van der Waals surface area contributed by atoms with Crippen LogP contribution in [-0.2, 0) is 0 Å². The molecular weight excluding hydrogens is 613 g/mol. The average Bonchev–Trinajstić information content (AvgIpc) is 3.78. The van der Waals surface area contributed by atoms with Crippen LogP contribution in [0.5, 0.6) is 0 Å². The summed E-state index contributed by atoms with van der Waals surface area (Å²) in [4.78, 5) is 14.2. The van der Waals surface area contributed by atoms with Gasteiger partial charge >= 0.3 is 0 Å². The van der Waals surface area contributed by atoms with Crippen molar-refractivity contribution in [1.29, 1.82) is 0 Å². The summed E-state index contributed by atoms with van der Waals surface area (Å²) in [5, 5.41) is 4.20. The first kappa shape index (κ1) is 23.5. The maximum atomic E-state index is 8.65. The fraction of sp³-hybridized carbons (Fsp3) is 0. The molecule has 5 heteroatoms. The molecule has 5 nitrogen and oxygen atoms in total. The number of fused-ring (bicyclic) bond motifs is 6. The van der Waals surface area contributed by atoms with Gasteiger partial charge in [-0.2, -0.15) is 0 Å². The van der Waals surface area contributed by atoms with Gasteiger partial charge in [-0.3, -0.25) is 0 Å². The summed E-state index contributed by atoms with van der Waals surface area (Å²) in [6.45, 7) is 0. The highest BCUT2D eigenvalue weighted by Gasteiger charge is 2.19. The molecule has 0 atom stereocenters. The number of benzene rings is 7. The van der Waals surface area contributed by atoms with Crippen LogP contribution in [0.2, 0.25) is 0 Å². The molecule has 10 rings (SSSR count). The largest absolute Gasteiger partial charge is 0.455 e. The van der Waals surface area contributed by atoms with E-state index in [-0.39, 0.29) is 29.3 Å². The predicted octanol–water partition coefficient (Wildman–Crippen LogP) is 11.5. The van der Waals surface area contributed by atoms with Crippen molar-refractivity contribution in [2.24, 2.45) is 0 Å². The van der Waals surface area contributed by atoms with E-state index in [9.17, 15) is 0 Å². The van der Waals surface area contributed by atoms with Crippen molar-refractivity contribution in [3.8, 4) is 51.0 Å². The molecule has 0 saturated heterocycles. The Balaban J connectivity index is 1.21. The Kier molecular flexibility index (Phi) is 5.35. The second-order valence-electron chi connectivity index (χ2n) is 12.1. The highest BCUT2D eigenvalue weighted by Crippen LogP contribution is 2.41. The van der Waals surface area contributed by atoms with Crippen molar-refractivity contribution in [3.05, 3.63) is 170 Å². The Labute approximate surface area is 294 Å². The molecule has 0 unspecified atom stereocenters. The van der Waals surface area contributed by atoms with Crippen LogP contribution in [0.25, 0.3) is 94.7 Å². The Morgan fingerprint density at radius 1 is 0.460 bits per heavy atom. The summed E-state index contributed by atoms with van der Waals surface area (Å²) in [5.74, 6) is 0.555. The maximum Gasteiger partial charge on any atom is 0.164 e. The van der Waals surface area contributed by atoms with E-state index in [0.717, 1.165) is 44.2 Å². The second kappa shape index (κ2) is 11.4. The molecule has 234 valence electrons. The van der Waals surface area contributed by atoms with E-state index < -0.39 is 18.1 Å². The molecule has 7 aromatic carbocycles. The van der Waals surface area contributed by atoms with Gasteiger partial charge in [-0.05, 0) is 42.0 Å². The summed E-state index contributed by atoms with van der Waals surface area (Å²) in [7, 11) is 0. The van der Waals surface area contributed by atoms with Gasteiger partial charge in [0, 0.05) is 49.5 Å². The molecule has 0 saturated carbocycles. The van der Waals surface area contributed by atoms with Crippen molar-refractivity contribution in [2.45, 2.75) is 0 Å². The highest BCUT2D eigenvalue weighted by atomic mass is 16.3. The van der Waals surface area contributed by atoms with Gasteiger partial charge < -0.3 is 8.98 Å². The number of aromatic nitrogens is 4. The Hall–Kier alpha value is -6.85. The molecule has 3 aromatic heterocycles. The molecule has 50 heavy (non-hydrogen) atoms. The zero-order valence-electron chi connectivity index (χ0n) is 31.5. The van der Waals surface area contributed by atoms with Gasteiger partial charge in [0.25, 0.3) is 0 Å². The average molecular weight is 646 g/mol. The summed E-state index contributed by atoms with van der Waals surface area (Å²) >= 11 is 0. The zero-order chi connectivity index (χ0) is 37.4. The Morgan fingerprint density at radius 3 is 1.72 bits per heavy atom. The van der Waals surface area contributed by atoms with Crippen LogP contribution in [0.3, 0.4) is 0 Å². The van der Waals surface area contributed by atoms with E-state index in [0.29, 0.717) is 22.5 Å². The quantitative estimate of drug-likeness (QED) is 0.187. The van der Waals surface area contributed by atoms with Gasteiger partial charge in [-0.25, -0.2) is 15.0 Å². The molecule has 0 spiro atoms. The topological polar surface area (TPSA) is 56.7 Å². The van der Waals surface area contributed by atoms with Gasteiger partial charge in [0.2, 0.25) is 0 Å². The summed E-state index contributed by atoms with van der Waals surface area (Å²) in [6.07, 6.45) is 0. The molecule has 0 fully saturated rings. The predicted molar refractivity (Wildman–Crippen MR) is 203 cm³/mol. The van der Waals surface area contributed by atoms with E-state index in [1.54, 1.807) is 0 Å². The van der Waals surface area contributed by atoms with Crippen molar-refractivity contribution in [1.82, 2.24) is 19.5 Å². The van der Waals surface area contributed by atoms with Gasteiger partial charge in [0.05, 0.1) is 17.9 Å². The lowest BCUT2D eigenvalue weighted by Crippen LogP contribution is -2.00. The summed E-state index contributed by atoms with van der Waals surface area (Å²) in [6, 6.07) is 44.4. The minimum atomic E-state index is -0.483. The summed E-state index contributed by atoms with van der Waals surface area (Å²) < 4.78 is 51.0. The normalized spacial score (nSPS) is 13.0. The van der Waals surface area contributed by atoms with Crippen LogP contribution in [0, 0.1) is 0 Å². The van der Waals surface area contributed by atoms with Crippen molar-refractivity contribution in [3.63, 3.8) is 0 Å². The van der Waals surface area contributed by atoms with Crippen LogP contribution in [0.15, 0.2) is 174 Å². The van der Waals surface area contributed by atoms with Gasteiger partial charge in [-0.15, -0.1) is 0 Å². The third-order valence-corrected chi connectivity index (χ3v) is 9.13. The third-order valence-electron chi connectivity index (χ3n) is 9.13. The number of nitrogens with zero attached hydrogens (tertiary/aromatic N) is 4. The number of rotatable bonds is 5. The maximum absolute atomic E-state index is 8.65. The molecule has 0 amide bonds. The van der Waals surface area contributed by atoms with Crippen molar-refractivity contribution >= 4 is 43.7 Å². The molecule has 10 aromatic rings. The van der Waals surface area contributed by atoms with Crippen molar-refractivity contribution < 1.29 is 11.3 Å². The Bertz CT molecular complexity index is 3080. The SMILES string of the molecule is [2H]c1c([2H])c([2H])c(-c2nc(-c3ccccc3)nc(-c3ccc4c(c3)oc3c(-c5ccccc5)cc(-n5c6ccccc6c6ccccc65)cc34)n2)c([2H])c1[2H]. The fourth-order valence-corrected chi connectivity index (χ4v) is 6.86. The minimum absolute atomic E-state index is 0.0206. The monoisotopic (exact) mass is 645 g/mol. The second-order valence-corrected chi connectivity index (χ2v) is 12.1. The minimum Gasteiger partial charge on any atom is -0.455 e. The highest BCUT2D eigenvalue weighted by molar-refractivity contribution is 6.13. The van der Waals surface area contributed by atoms with Gasteiger partial charge in [-0.1, -0.05) is 133 Å². The van der Waals surface area contributed by atoms with Crippen LogP contribution in [-0.4, -0.2) is 19.5 Å². The Morgan fingerprint density at radius 2 is 1.04 bits per heavy atom.